The smallest absolute Gasteiger partial charge is 0.191 e. The molecule has 3 unspecified atom stereocenters. The van der Waals surface area contributed by atoms with Crippen molar-refractivity contribution in [2.75, 3.05) is 51.3 Å². The molecule has 1 aromatic carbocycles. The van der Waals surface area contributed by atoms with Crippen molar-refractivity contribution in [3.8, 4) is 0 Å². The number of morpholine rings is 1. The predicted octanol–water partition coefficient (Wildman–Crippen LogP) is 2.92. The zero-order valence-electron chi connectivity index (χ0n) is 17.0. The maximum Gasteiger partial charge on any atom is 0.191 e. The van der Waals surface area contributed by atoms with E-state index in [0.29, 0.717) is 18.1 Å². The minimum atomic E-state index is 0. The summed E-state index contributed by atoms with van der Waals surface area (Å²) in [4.78, 5) is 9.36. The Morgan fingerprint density at radius 3 is 2.75 bits per heavy atom. The number of nitrogens with zero attached hydrogens (tertiary/aromatic N) is 3. The van der Waals surface area contributed by atoms with Gasteiger partial charge in [-0.3, -0.25) is 9.89 Å². The molecule has 0 spiro atoms. The van der Waals surface area contributed by atoms with E-state index in [2.05, 4.69) is 79.5 Å². The van der Waals surface area contributed by atoms with Crippen LogP contribution in [0.3, 0.4) is 0 Å². The first-order valence-electron chi connectivity index (χ1n) is 9.88. The summed E-state index contributed by atoms with van der Waals surface area (Å²) in [7, 11) is 1.85. The molecule has 158 valence electrons. The van der Waals surface area contributed by atoms with Crippen molar-refractivity contribution in [3.05, 3.63) is 28.7 Å². The fourth-order valence-electron chi connectivity index (χ4n) is 3.91. The average Bonchev–Trinajstić information content (AvgIpc) is 3.14. The first-order valence-corrected chi connectivity index (χ1v) is 10.7. The van der Waals surface area contributed by atoms with E-state index in [1.54, 1.807) is 0 Å². The van der Waals surface area contributed by atoms with Crippen LogP contribution in [0.1, 0.15) is 20.3 Å². The van der Waals surface area contributed by atoms with Crippen LogP contribution in [-0.4, -0.2) is 75.4 Å². The summed E-state index contributed by atoms with van der Waals surface area (Å²) in [6.45, 7) is 10.1. The van der Waals surface area contributed by atoms with Crippen molar-refractivity contribution < 1.29 is 4.74 Å². The van der Waals surface area contributed by atoms with Gasteiger partial charge < -0.3 is 20.3 Å². The van der Waals surface area contributed by atoms with Gasteiger partial charge in [0.25, 0.3) is 0 Å². The van der Waals surface area contributed by atoms with Gasteiger partial charge in [0, 0.05) is 61.5 Å². The number of ether oxygens (including phenoxy) is 1. The van der Waals surface area contributed by atoms with E-state index in [-0.39, 0.29) is 24.0 Å². The first-order chi connectivity index (χ1) is 13.1. The average molecular weight is 566 g/mol. The SMILES string of the molecule is CN=C(NCC(C)N1CCOCC1C)NC1CCN(c2ccc(Br)cc2)C1.I. The Morgan fingerprint density at radius 2 is 2.07 bits per heavy atom. The van der Waals surface area contributed by atoms with Crippen LogP contribution in [-0.2, 0) is 4.74 Å². The second-order valence-electron chi connectivity index (χ2n) is 7.52. The molecule has 0 bridgehead atoms. The number of rotatable bonds is 5. The van der Waals surface area contributed by atoms with Crippen LogP contribution in [0.25, 0.3) is 0 Å². The molecule has 8 heteroatoms. The van der Waals surface area contributed by atoms with Gasteiger partial charge in [0.2, 0.25) is 0 Å². The maximum absolute atomic E-state index is 5.55. The molecule has 3 rings (SSSR count). The van der Waals surface area contributed by atoms with Crippen molar-refractivity contribution >= 4 is 51.6 Å². The summed E-state index contributed by atoms with van der Waals surface area (Å²) in [5.41, 5.74) is 1.28. The van der Waals surface area contributed by atoms with Gasteiger partial charge in [-0.05, 0) is 44.5 Å². The fourth-order valence-corrected chi connectivity index (χ4v) is 4.17. The van der Waals surface area contributed by atoms with Crippen LogP contribution >= 0.6 is 39.9 Å². The summed E-state index contributed by atoms with van der Waals surface area (Å²) in [6.07, 6.45) is 1.12. The van der Waals surface area contributed by atoms with Crippen LogP contribution in [0.4, 0.5) is 5.69 Å². The molecular weight excluding hydrogens is 533 g/mol. The van der Waals surface area contributed by atoms with Crippen LogP contribution < -0.4 is 15.5 Å². The molecule has 3 atom stereocenters. The van der Waals surface area contributed by atoms with E-state index < -0.39 is 0 Å². The number of nitrogens with one attached hydrogen (secondary N) is 2. The van der Waals surface area contributed by atoms with Crippen molar-refractivity contribution in [1.29, 1.82) is 0 Å². The monoisotopic (exact) mass is 565 g/mol. The van der Waals surface area contributed by atoms with Gasteiger partial charge in [-0.15, -0.1) is 24.0 Å². The molecule has 6 nitrogen and oxygen atoms in total. The molecule has 2 N–H and O–H groups in total. The molecule has 1 aromatic rings. The number of guanidine groups is 1. The van der Waals surface area contributed by atoms with E-state index in [0.717, 1.165) is 56.2 Å². The molecule has 0 radical (unpaired) electrons. The number of halogens is 2. The number of anilines is 1. The Labute approximate surface area is 194 Å². The van der Waals surface area contributed by atoms with E-state index in [1.807, 2.05) is 7.05 Å². The van der Waals surface area contributed by atoms with E-state index in [9.17, 15) is 0 Å². The van der Waals surface area contributed by atoms with Crippen molar-refractivity contribution in [1.82, 2.24) is 15.5 Å². The van der Waals surface area contributed by atoms with Crippen molar-refractivity contribution in [2.24, 2.45) is 4.99 Å². The molecule has 2 fully saturated rings. The second-order valence-corrected chi connectivity index (χ2v) is 8.43. The molecule has 0 aromatic heterocycles. The highest BCUT2D eigenvalue weighted by Crippen LogP contribution is 2.22. The van der Waals surface area contributed by atoms with Gasteiger partial charge in [-0.2, -0.15) is 0 Å². The zero-order valence-corrected chi connectivity index (χ0v) is 20.9. The zero-order chi connectivity index (χ0) is 19.2. The Hall–Kier alpha value is -0.580. The summed E-state index contributed by atoms with van der Waals surface area (Å²) < 4.78 is 6.66. The third kappa shape index (κ3) is 6.47. The molecular formula is C20H33BrIN5O. The van der Waals surface area contributed by atoms with Crippen molar-refractivity contribution in [3.63, 3.8) is 0 Å². The van der Waals surface area contributed by atoms with Gasteiger partial charge in [0.1, 0.15) is 0 Å². The molecule has 2 heterocycles. The number of benzene rings is 1. The molecule has 2 saturated heterocycles. The molecule has 0 saturated carbocycles. The normalized spacial score (nSPS) is 24.6. The minimum Gasteiger partial charge on any atom is -0.379 e. The lowest BCUT2D eigenvalue weighted by Gasteiger charge is -2.38. The summed E-state index contributed by atoms with van der Waals surface area (Å²) in [5, 5.41) is 7.10. The summed E-state index contributed by atoms with van der Waals surface area (Å²) in [6, 6.07) is 9.88. The third-order valence-corrected chi connectivity index (χ3v) is 6.02. The van der Waals surface area contributed by atoms with E-state index in [1.165, 1.54) is 5.69 Å². The number of aliphatic imine (C=N–C) groups is 1. The third-order valence-electron chi connectivity index (χ3n) is 5.49. The molecule has 0 amide bonds. The highest BCUT2D eigenvalue weighted by atomic mass is 127. The van der Waals surface area contributed by atoms with Gasteiger partial charge >= 0.3 is 0 Å². The fraction of sp³-hybridized carbons (Fsp3) is 0.650. The molecule has 2 aliphatic heterocycles. The standard InChI is InChI=1S/C20H32BrN5O.HI/c1-15(26-10-11-27-14-16(26)2)12-23-20(22-3)24-18-8-9-25(13-18)19-6-4-17(21)5-7-19;/h4-7,15-16,18H,8-14H2,1-3H3,(H2,22,23,24);1H. The minimum absolute atomic E-state index is 0. The Kier molecular flexibility index (Phi) is 9.79. The van der Waals surface area contributed by atoms with Gasteiger partial charge in [0.05, 0.1) is 13.2 Å². The van der Waals surface area contributed by atoms with Gasteiger partial charge in [-0.1, -0.05) is 15.9 Å². The lowest BCUT2D eigenvalue weighted by atomic mass is 10.2. The van der Waals surface area contributed by atoms with Crippen LogP contribution in [0, 0.1) is 0 Å². The number of hydrogen-bond acceptors (Lipinski definition) is 4. The van der Waals surface area contributed by atoms with E-state index in [4.69, 9.17) is 4.74 Å². The summed E-state index contributed by atoms with van der Waals surface area (Å²) in [5.74, 6) is 0.894. The van der Waals surface area contributed by atoms with Crippen molar-refractivity contribution in [2.45, 2.75) is 38.4 Å². The second kappa shape index (κ2) is 11.6. The topological polar surface area (TPSA) is 52.1 Å². The quantitative estimate of drug-likeness (QED) is 0.327. The molecule has 28 heavy (non-hydrogen) atoms. The molecule has 0 aliphatic carbocycles. The lowest BCUT2D eigenvalue weighted by molar-refractivity contribution is -0.0174. The van der Waals surface area contributed by atoms with Crippen LogP contribution in [0.15, 0.2) is 33.7 Å². The van der Waals surface area contributed by atoms with Gasteiger partial charge in [-0.25, -0.2) is 0 Å². The van der Waals surface area contributed by atoms with Crippen LogP contribution in [0.2, 0.25) is 0 Å². The highest BCUT2D eigenvalue weighted by Gasteiger charge is 2.25. The Morgan fingerprint density at radius 1 is 1.32 bits per heavy atom. The largest absolute Gasteiger partial charge is 0.379 e. The van der Waals surface area contributed by atoms with E-state index >= 15 is 0 Å². The van der Waals surface area contributed by atoms with Gasteiger partial charge in [0.15, 0.2) is 5.96 Å². The Bertz CT molecular complexity index is 630. The first kappa shape index (κ1) is 23.7. The highest BCUT2D eigenvalue weighted by molar-refractivity contribution is 14.0. The number of hydrogen-bond donors (Lipinski definition) is 2. The van der Waals surface area contributed by atoms with Crippen LogP contribution in [0.5, 0.6) is 0 Å². The predicted molar refractivity (Wildman–Crippen MR) is 131 cm³/mol. The summed E-state index contributed by atoms with van der Waals surface area (Å²) >= 11 is 3.50. The molecule has 2 aliphatic rings. The maximum atomic E-state index is 5.55. The lowest BCUT2D eigenvalue weighted by Crippen LogP contribution is -2.53. The Balaban J connectivity index is 0.00000280.